The van der Waals surface area contributed by atoms with Gasteiger partial charge in [-0.15, -0.1) is 5.73 Å². The molecule has 4 nitrogen and oxygen atoms in total. The Bertz CT molecular complexity index is 829. The van der Waals surface area contributed by atoms with Gasteiger partial charge in [-0.25, -0.2) is 0 Å². The number of aliphatic hydroxyl groups is 1. The van der Waals surface area contributed by atoms with E-state index >= 15 is 0 Å². The van der Waals surface area contributed by atoms with Crippen LogP contribution in [0.25, 0.3) is 0 Å². The van der Waals surface area contributed by atoms with Crippen molar-refractivity contribution in [2.45, 2.75) is 76.9 Å². The fraction of sp³-hybridized carbons (Fsp3) is 0.538. The summed E-state index contributed by atoms with van der Waals surface area (Å²) < 4.78 is 11.2. The third-order valence-corrected chi connectivity index (χ3v) is 6.34. The van der Waals surface area contributed by atoms with Crippen LogP contribution in [-0.4, -0.2) is 30.7 Å². The highest BCUT2D eigenvalue weighted by Gasteiger charge is 2.55. The van der Waals surface area contributed by atoms with Gasteiger partial charge in [0, 0.05) is 19.1 Å². The highest BCUT2D eigenvalue weighted by atomic mass is 16.5. The molecule has 1 aromatic carbocycles. The molecule has 0 bridgehead atoms. The first-order valence-corrected chi connectivity index (χ1v) is 10.9. The number of ether oxygens (including phenoxy) is 2. The summed E-state index contributed by atoms with van der Waals surface area (Å²) in [6.07, 6.45) is 5.30. The van der Waals surface area contributed by atoms with E-state index in [1.807, 2.05) is 31.2 Å². The van der Waals surface area contributed by atoms with Gasteiger partial charge < -0.3 is 14.6 Å². The van der Waals surface area contributed by atoms with Crippen molar-refractivity contribution in [2.24, 2.45) is 0 Å². The highest BCUT2D eigenvalue weighted by molar-refractivity contribution is 6.04. The molecule has 1 N–H and O–H groups in total. The van der Waals surface area contributed by atoms with E-state index in [4.69, 9.17) is 9.47 Å². The molecule has 2 atom stereocenters. The summed E-state index contributed by atoms with van der Waals surface area (Å²) >= 11 is 0. The zero-order valence-corrected chi connectivity index (χ0v) is 19.1. The van der Waals surface area contributed by atoms with Gasteiger partial charge in [-0.05, 0) is 61.4 Å². The van der Waals surface area contributed by atoms with Crippen molar-refractivity contribution in [2.75, 3.05) is 14.2 Å². The Morgan fingerprint density at radius 1 is 1.17 bits per heavy atom. The van der Waals surface area contributed by atoms with Gasteiger partial charge in [-0.1, -0.05) is 45.4 Å². The van der Waals surface area contributed by atoms with Crippen LogP contribution in [0.5, 0.6) is 5.75 Å². The number of ketones is 1. The van der Waals surface area contributed by atoms with Crippen LogP contribution in [0, 0.1) is 0 Å². The summed E-state index contributed by atoms with van der Waals surface area (Å²) in [4.78, 5) is 13.6. The molecule has 0 aromatic heterocycles. The van der Waals surface area contributed by atoms with Crippen molar-refractivity contribution in [1.82, 2.24) is 0 Å². The van der Waals surface area contributed by atoms with Gasteiger partial charge in [-0.2, -0.15) is 0 Å². The van der Waals surface area contributed by atoms with E-state index in [1.165, 1.54) is 7.11 Å². The van der Waals surface area contributed by atoms with E-state index < -0.39 is 11.2 Å². The van der Waals surface area contributed by atoms with E-state index in [1.54, 1.807) is 7.11 Å². The second kappa shape index (κ2) is 10.3. The second-order valence-electron chi connectivity index (χ2n) is 8.09. The summed E-state index contributed by atoms with van der Waals surface area (Å²) in [6.45, 7) is 9.91. The van der Waals surface area contributed by atoms with Crippen molar-refractivity contribution < 1.29 is 19.4 Å². The summed E-state index contributed by atoms with van der Waals surface area (Å²) in [5.74, 6) is 0.610. The molecular formula is C26H36O4. The second-order valence-corrected chi connectivity index (χ2v) is 8.09. The lowest BCUT2D eigenvalue weighted by Gasteiger charge is -2.46. The topological polar surface area (TPSA) is 55.8 Å². The van der Waals surface area contributed by atoms with Gasteiger partial charge in [-0.3, -0.25) is 4.79 Å². The molecule has 1 aliphatic rings. The van der Waals surface area contributed by atoms with Crippen LogP contribution < -0.4 is 4.74 Å². The fourth-order valence-electron chi connectivity index (χ4n) is 4.51. The number of carbonyl (C=O) groups is 1. The van der Waals surface area contributed by atoms with Crippen molar-refractivity contribution >= 4 is 5.78 Å². The van der Waals surface area contributed by atoms with Gasteiger partial charge in [0.2, 0.25) is 0 Å². The first-order valence-electron chi connectivity index (χ1n) is 10.9. The standard InChI is InChI=1S/C26H36O4/c1-7-10-12-20(9-3)25(28)18-26(30-6,21-14-16-22(29-5)17-15-21)24(27)19(4)23(25)13-11-8-2/h14-17,28H,3,7-8,10-13,18H2,1-2,4-6H3/t25-,26+/m0/s1. The van der Waals surface area contributed by atoms with Gasteiger partial charge in [0.25, 0.3) is 0 Å². The van der Waals surface area contributed by atoms with Crippen LogP contribution in [0.2, 0.25) is 0 Å². The number of hydrogen-bond donors (Lipinski definition) is 1. The third kappa shape index (κ3) is 4.32. The quantitative estimate of drug-likeness (QED) is 0.505. The predicted molar refractivity (Wildman–Crippen MR) is 121 cm³/mol. The summed E-state index contributed by atoms with van der Waals surface area (Å²) in [7, 11) is 3.14. The van der Waals surface area contributed by atoms with E-state index in [0.29, 0.717) is 29.7 Å². The van der Waals surface area contributed by atoms with Crippen molar-refractivity contribution in [1.29, 1.82) is 0 Å². The minimum Gasteiger partial charge on any atom is -0.497 e. The van der Waals surface area contributed by atoms with Crippen LogP contribution in [0.15, 0.2) is 53.3 Å². The zero-order valence-electron chi connectivity index (χ0n) is 19.1. The van der Waals surface area contributed by atoms with Crippen molar-refractivity contribution in [3.8, 4) is 5.75 Å². The molecule has 1 aromatic rings. The molecule has 164 valence electrons. The molecule has 0 radical (unpaired) electrons. The van der Waals surface area contributed by atoms with Crippen LogP contribution in [0.4, 0.5) is 0 Å². The average molecular weight is 413 g/mol. The number of unbranched alkanes of at least 4 members (excludes halogenated alkanes) is 2. The fourth-order valence-corrected chi connectivity index (χ4v) is 4.51. The molecule has 0 aliphatic heterocycles. The average Bonchev–Trinajstić information content (AvgIpc) is 2.77. The van der Waals surface area contributed by atoms with Crippen LogP contribution in [0.1, 0.15) is 71.3 Å². The largest absolute Gasteiger partial charge is 0.497 e. The lowest BCUT2D eigenvalue weighted by molar-refractivity contribution is -0.148. The summed E-state index contributed by atoms with van der Waals surface area (Å²) in [5, 5.41) is 12.1. The monoisotopic (exact) mass is 412 g/mol. The highest BCUT2D eigenvalue weighted by Crippen LogP contribution is 2.50. The zero-order chi connectivity index (χ0) is 22.4. The lowest BCUT2D eigenvalue weighted by atomic mass is 9.64. The summed E-state index contributed by atoms with van der Waals surface area (Å²) in [5.41, 5.74) is 3.27. The molecule has 0 saturated heterocycles. The maximum Gasteiger partial charge on any atom is 0.195 e. The predicted octanol–water partition coefficient (Wildman–Crippen LogP) is 5.65. The smallest absolute Gasteiger partial charge is 0.195 e. The minimum absolute atomic E-state index is 0.0927. The van der Waals surface area contributed by atoms with Gasteiger partial charge in [0.15, 0.2) is 11.4 Å². The molecule has 30 heavy (non-hydrogen) atoms. The first-order chi connectivity index (χ1) is 14.3. The van der Waals surface area contributed by atoms with Crippen molar-refractivity contribution in [3.05, 3.63) is 58.9 Å². The molecular weight excluding hydrogens is 376 g/mol. The molecule has 1 aliphatic carbocycles. The van der Waals surface area contributed by atoms with Crippen LogP contribution in [0.3, 0.4) is 0 Å². The number of benzene rings is 1. The van der Waals surface area contributed by atoms with Crippen LogP contribution >= 0.6 is 0 Å². The number of hydrogen-bond acceptors (Lipinski definition) is 4. The number of methoxy groups -OCH3 is 2. The van der Waals surface area contributed by atoms with Crippen molar-refractivity contribution in [3.63, 3.8) is 0 Å². The Hall–Kier alpha value is -2.13. The van der Waals surface area contributed by atoms with E-state index in [-0.39, 0.29) is 12.2 Å². The molecule has 0 fully saturated rings. The Balaban J connectivity index is 2.69. The normalized spacial score (nSPS) is 24.0. The van der Waals surface area contributed by atoms with E-state index in [0.717, 1.165) is 36.8 Å². The number of rotatable bonds is 10. The Labute approximate surface area is 181 Å². The van der Waals surface area contributed by atoms with Gasteiger partial charge in [0.1, 0.15) is 11.4 Å². The summed E-state index contributed by atoms with van der Waals surface area (Å²) in [6, 6.07) is 7.31. The molecule has 2 rings (SSSR count). The van der Waals surface area contributed by atoms with E-state index in [2.05, 4.69) is 26.2 Å². The molecule has 0 amide bonds. The van der Waals surface area contributed by atoms with Gasteiger partial charge >= 0.3 is 0 Å². The molecule has 0 saturated carbocycles. The number of carbonyl (C=O) groups excluding carboxylic acids is 1. The molecule has 0 unspecified atom stereocenters. The Morgan fingerprint density at radius 3 is 2.30 bits per heavy atom. The number of Topliss-reactive ketones (excluding diaryl/α,β-unsaturated/α-hetero) is 1. The maximum atomic E-state index is 13.6. The Morgan fingerprint density at radius 2 is 1.80 bits per heavy atom. The Kier molecular flexibility index (Phi) is 8.25. The molecule has 4 heteroatoms. The lowest BCUT2D eigenvalue weighted by Crippen LogP contribution is -2.53. The SMILES string of the molecule is C=C=C(CCCC)[C@@]1(O)C[C@@](OC)(c2ccc(OC)cc2)C(=O)C(C)=C1CCCC. The maximum absolute atomic E-state index is 13.6. The van der Waals surface area contributed by atoms with Crippen LogP contribution in [-0.2, 0) is 15.1 Å². The molecule has 0 spiro atoms. The van der Waals surface area contributed by atoms with E-state index in [9.17, 15) is 9.90 Å². The molecule has 0 heterocycles. The minimum atomic E-state index is -1.31. The van der Waals surface area contributed by atoms with Gasteiger partial charge in [0.05, 0.1) is 7.11 Å². The first kappa shape index (κ1) is 24.1. The third-order valence-electron chi connectivity index (χ3n) is 6.34.